The molecular formula is C28H36N4O4. The van der Waals surface area contributed by atoms with Crippen molar-refractivity contribution in [2.75, 3.05) is 21.3 Å². The van der Waals surface area contributed by atoms with Crippen LogP contribution in [0.3, 0.4) is 0 Å². The molecule has 0 heterocycles. The van der Waals surface area contributed by atoms with E-state index in [0.29, 0.717) is 61.3 Å². The Hall–Kier alpha value is -3.68. The van der Waals surface area contributed by atoms with Crippen LogP contribution in [0.25, 0.3) is 0 Å². The van der Waals surface area contributed by atoms with Crippen LogP contribution in [0, 0.1) is 25.7 Å². The van der Waals surface area contributed by atoms with E-state index in [9.17, 15) is 19.2 Å². The Balaban J connectivity index is 1.56. The average molecular weight is 493 g/mol. The number of hydrogen-bond acceptors (Lipinski definition) is 4. The summed E-state index contributed by atoms with van der Waals surface area (Å²) < 4.78 is 0. The predicted octanol–water partition coefficient (Wildman–Crippen LogP) is 5.38. The molecule has 1 aliphatic rings. The number of carbonyl (C=O) groups excluding carboxylic acids is 4. The third-order valence-electron chi connectivity index (χ3n) is 6.84. The first-order valence-corrected chi connectivity index (χ1v) is 12.6. The van der Waals surface area contributed by atoms with E-state index in [4.69, 9.17) is 0 Å². The Labute approximate surface area is 212 Å². The molecule has 4 amide bonds. The predicted molar refractivity (Wildman–Crippen MR) is 143 cm³/mol. The van der Waals surface area contributed by atoms with Crippen molar-refractivity contribution < 1.29 is 19.2 Å². The smallest absolute Gasteiger partial charge is 0.227 e. The van der Waals surface area contributed by atoms with E-state index in [2.05, 4.69) is 21.3 Å². The molecular weight excluding hydrogens is 456 g/mol. The summed E-state index contributed by atoms with van der Waals surface area (Å²) in [5.41, 5.74) is 4.36. The number of benzene rings is 2. The van der Waals surface area contributed by atoms with Gasteiger partial charge in [-0.2, -0.15) is 0 Å². The van der Waals surface area contributed by atoms with Gasteiger partial charge in [-0.25, -0.2) is 0 Å². The fourth-order valence-electron chi connectivity index (χ4n) is 4.38. The van der Waals surface area contributed by atoms with Crippen molar-refractivity contribution in [3.05, 3.63) is 47.5 Å². The van der Waals surface area contributed by atoms with Gasteiger partial charge in [-0.15, -0.1) is 0 Å². The van der Waals surface area contributed by atoms with Gasteiger partial charge < -0.3 is 21.3 Å². The van der Waals surface area contributed by atoms with Crippen molar-refractivity contribution >= 4 is 46.4 Å². The highest BCUT2D eigenvalue weighted by molar-refractivity contribution is 5.98. The molecule has 1 fully saturated rings. The third-order valence-corrected chi connectivity index (χ3v) is 6.84. The second kappa shape index (κ2) is 12.3. The van der Waals surface area contributed by atoms with Crippen molar-refractivity contribution in [2.24, 2.45) is 11.8 Å². The Morgan fingerprint density at radius 3 is 1.22 bits per heavy atom. The molecule has 8 heteroatoms. The summed E-state index contributed by atoms with van der Waals surface area (Å²) in [6.07, 6.45) is 3.27. The first-order chi connectivity index (χ1) is 17.2. The van der Waals surface area contributed by atoms with Crippen molar-refractivity contribution in [3.8, 4) is 0 Å². The number of nitrogens with one attached hydrogen (secondary N) is 4. The first-order valence-electron chi connectivity index (χ1n) is 12.6. The summed E-state index contributed by atoms with van der Waals surface area (Å²) in [5, 5.41) is 11.7. The molecule has 2 aromatic rings. The third kappa shape index (κ3) is 6.71. The van der Waals surface area contributed by atoms with Crippen molar-refractivity contribution in [1.29, 1.82) is 0 Å². The number of rotatable bonds is 8. The lowest BCUT2D eigenvalue weighted by atomic mass is 9.81. The quantitative estimate of drug-likeness (QED) is 0.396. The van der Waals surface area contributed by atoms with Crippen LogP contribution >= 0.6 is 0 Å². The van der Waals surface area contributed by atoms with E-state index in [1.165, 1.54) is 0 Å². The maximum atomic E-state index is 12.9. The van der Waals surface area contributed by atoms with Crippen molar-refractivity contribution in [3.63, 3.8) is 0 Å². The van der Waals surface area contributed by atoms with Crippen molar-refractivity contribution in [2.45, 2.75) is 66.2 Å². The molecule has 8 nitrogen and oxygen atoms in total. The van der Waals surface area contributed by atoms with Crippen LogP contribution in [0.15, 0.2) is 36.4 Å². The van der Waals surface area contributed by atoms with Gasteiger partial charge in [-0.3, -0.25) is 19.2 Å². The number of amides is 4. The molecule has 2 aromatic carbocycles. The lowest BCUT2D eigenvalue weighted by molar-refractivity contribution is -0.125. The fraction of sp³-hybridized carbons (Fsp3) is 0.429. The summed E-state index contributed by atoms with van der Waals surface area (Å²) in [6, 6.07) is 10.9. The van der Waals surface area contributed by atoms with E-state index in [1.807, 2.05) is 38.1 Å². The molecule has 0 bridgehead atoms. The van der Waals surface area contributed by atoms with Crippen LogP contribution in [-0.4, -0.2) is 23.6 Å². The average Bonchev–Trinajstić information content (AvgIpc) is 2.88. The molecule has 0 saturated heterocycles. The van der Waals surface area contributed by atoms with Gasteiger partial charge in [0.05, 0.1) is 0 Å². The number of hydrogen-bond donors (Lipinski definition) is 4. The molecule has 0 unspecified atom stereocenters. The van der Waals surface area contributed by atoms with E-state index in [0.717, 1.165) is 11.1 Å². The highest BCUT2D eigenvalue weighted by atomic mass is 16.2. The molecule has 0 aromatic heterocycles. The molecule has 0 radical (unpaired) electrons. The fourth-order valence-corrected chi connectivity index (χ4v) is 4.38. The van der Waals surface area contributed by atoms with Crippen molar-refractivity contribution in [1.82, 2.24) is 0 Å². The highest BCUT2D eigenvalue weighted by Crippen LogP contribution is 2.32. The zero-order valence-corrected chi connectivity index (χ0v) is 21.5. The second-order valence-corrected chi connectivity index (χ2v) is 9.29. The Morgan fingerprint density at radius 1 is 0.611 bits per heavy atom. The maximum absolute atomic E-state index is 12.9. The van der Waals surface area contributed by atoms with Gasteiger partial charge in [0.15, 0.2) is 0 Å². The minimum Gasteiger partial charge on any atom is -0.326 e. The van der Waals surface area contributed by atoms with Gasteiger partial charge in [0, 0.05) is 47.4 Å². The van der Waals surface area contributed by atoms with E-state index in [-0.39, 0.29) is 35.5 Å². The van der Waals surface area contributed by atoms with E-state index < -0.39 is 0 Å². The largest absolute Gasteiger partial charge is 0.326 e. The van der Waals surface area contributed by atoms with Crippen LogP contribution in [0.4, 0.5) is 22.7 Å². The minimum absolute atomic E-state index is 0.0638. The molecule has 4 N–H and O–H groups in total. The lowest BCUT2D eigenvalue weighted by Crippen LogP contribution is -2.32. The Kier molecular flexibility index (Phi) is 9.22. The summed E-state index contributed by atoms with van der Waals surface area (Å²) in [6.45, 7) is 7.32. The summed E-state index contributed by atoms with van der Waals surface area (Å²) in [5.74, 6) is -0.623. The molecule has 3 rings (SSSR count). The number of carbonyl (C=O) groups is 4. The van der Waals surface area contributed by atoms with Gasteiger partial charge >= 0.3 is 0 Å². The molecule has 192 valence electrons. The topological polar surface area (TPSA) is 116 Å². The summed E-state index contributed by atoms with van der Waals surface area (Å²) >= 11 is 0. The van der Waals surface area contributed by atoms with Crippen LogP contribution in [0.5, 0.6) is 0 Å². The minimum atomic E-state index is -0.170. The molecule has 0 aliphatic heterocycles. The summed E-state index contributed by atoms with van der Waals surface area (Å²) in [4.78, 5) is 49.4. The SMILES string of the molecule is CCC(=O)Nc1cccc(NC(=O)C2CCC(C(=O)Nc3cccc(NC(=O)CC)c3C)CC2)c1C. The van der Waals surface area contributed by atoms with E-state index in [1.54, 1.807) is 26.0 Å². The van der Waals surface area contributed by atoms with Crippen LogP contribution in [0.1, 0.15) is 63.5 Å². The first kappa shape index (κ1) is 26.9. The molecule has 36 heavy (non-hydrogen) atoms. The highest BCUT2D eigenvalue weighted by Gasteiger charge is 2.30. The molecule has 0 spiro atoms. The standard InChI is InChI=1S/C28H36N4O4/c1-5-25(33)29-21-9-7-11-23(17(21)3)31-27(35)19-13-15-20(16-14-19)28(36)32-24-12-8-10-22(18(24)4)30-26(34)6-2/h7-12,19-20H,5-6,13-16H2,1-4H3,(H,29,33)(H,30,34)(H,31,35)(H,32,36). The van der Waals surface area contributed by atoms with Gasteiger partial charge in [-0.1, -0.05) is 26.0 Å². The summed E-state index contributed by atoms with van der Waals surface area (Å²) in [7, 11) is 0. The molecule has 0 atom stereocenters. The van der Waals surface area contributed by atoms with Crippen LogP contribution in [-0.2, 0) is 19.2 Å². The van der Waals surface area contributed by atoms with Crippen LogP contribution in [0.2, 0.25) is 0 Å². The maximum Gasteiger partial charge on any atom is 0.227 e. The van der Waals surface area contributed by atoms with Gasteiger partial charge in [-0.05, 0) is 74.9 Å². The van der Waals surface area contributed by atoms with Crippen LogP contribution < -0.4 is 21.3 Å². The molecule has 1 aliphatic carbocycles. The normalized spacial score (nSPS) is 17.1. The Bertz CT molecular complexity index is 1050. The van der Waals surface area contributed by atoms with Gasteiger partial charge in [0.1, 0.15) is 0 Å². The zero-order chi connectivity index (χ0) is 26.2. The molecule has 1 saturated carbocycles. The lowest BCUT2D eigenvalue weighted by Gasteiger charge is -2.27. The van der Waals surface area contributed by atoms with E-state index >= 15 is 0 Å². The zero-order valence-electron chi connectivity index (χ0n) is 21.5. The number of anilines is 4. The Morgan fingerprint density at radius 2 is 0.917 bits per heavy atom. The monoisotopic (exact) mass is 492 g/mol. The van der Waals surface area contributed by atoms with Gasteiger partial charge in [0.25, 0.3) is 0 Å². The van der Waals surface area contributed by atoms with Gasteiger partial charge in [0.2, 0.25) is 23.6 Å². The second-order valence-electron chi connectivity index (χ2n) is 9.29.